The van der Waals surface area contributed by atoms with Gasteiger partial charge in [0.2, 0.25) is 20.0 Å². The van der Waals surface area contributed by atoms with Gasteiger partial charge in [-0.1, -0.05) is 27.7 Å². The lowest BCUT2D eigenvalue weighted by Crippen LogP contribution is -2.44. The summed E-state index contributed by atoms with van der Waals surface area (Å²) < 4.78 is 52.8. The van der Waals surface area contributed by atoms with E-state index >= 15 is 0 Å². The topological polar surface area (TPSA) is 121 Å². The van der Waals surface area contributed by atoms with E-state index in [0.717, 1.165) is 12.1 Å². The van der Waals surface area contributed by atoms with Crippen LogP contribution in [-0.2, 0) is 24.8 Å². The molecule has 0 aliphatic carbocycles. The summed E-state index contributed by atoms with van der Waals surface area (Å²) in [5.41, 5.74) is 0. The largest absolute Gasteiger partial charge is 0.480 e. The monoisotopic (exact) mass is 392 g/mol. The molecule has 1 aromatic carbocycles. The van der Waals surface area contributed by atoms with Gasteiger partial charge in [0.1, 0.15) is 6.04 Å². The van der Waals surface area contributed by atoms with Crippen LogP contribution in [0.1, 0.15) is 27.7 Å². The summed E-state index contributed by atoms with van der Waals surface area (Å²) in [6.45, 7) is 7.19. The van der Waals surface area contributed by atoms with Crippen molar-refractivity contribution in [2.75, 3.05) is 13.1 Å². The lowest BCUT2D eigenvalue weighted by atomic mass is 10.1. The standard InChI is InChI=1S/C15H24N2O6S2/c1-5-17(6-2)25(22,23)13-9-7-12(8-10-13)24(20,21)16-14(11(3)4)15(18)19/h7-11,14,16H,5-6H2,1-4H3,(H,18,19)/t14-/m0/s1. The first-order valence-electron chi connectivity index (χ1n) is 7.82. The smallest absolute Gasteiger partial charge is 0.322 e. The fourth-order valence-electron chi connectivity index (χ4n) is 2.21. The molecular formula is C15H24N2O6S2. The number of benzene rings is 1. The normalized spacial score (nSPS) is 14.0. The predicted molar refractivity (Wildman–Crippen MR) is 93.1 cm³/mol. The zero-order valence-corrected chi connectivity index (χ0v) is 16.3. The number of sulfonamides is 2. The van der Waals surface area contributed by atoms with Crippen LogP contribution < -0.4 is 4.72 Å². The van der Waals surface area contributed by atoms with Crippen molar-refractivity contribution in [3.05, 3.63) is 24.3 Å². The Morgan fingerprint density at radius 1 is 1.04 bits per heavy atom. The fraction of sp³-hybridized carbons (Fsp3) is 0.533. The molecule has 142 valence electrons. The van der Waals surface area contributed by atoms with Gasteiger partial charge in [0.05, 0.1) is 9.79 Å². The van der Waals surface area contributed by atoms with Crippen molar-refractivity contribution < 1.29 is 26.7 Å². The molecule has 1 aromatic rings. The van der Waals surface area contributed by atoms with Gasteiger partial charge in [0, 0.05) is 13.1 Å². The highest BCUT2D eigenvalue weighted by molar-refractivity contribution is 7.89. The Morgan fingerprint density at radius 3 is 1.84 bits per heavy atom. The predicted octanol–water partition coefficient (Wildman–Crippen LogP) is 1.10. The van der Waals surface area contributed by atoms with E-state index in [1.165, 1.54) is 16.4 Å². The summed E-state index contributed by atoms with van der Waals surface area (Å²) in [4.78, 5) is 10.9. The second-order valence-electron chi connectivity index (χ2n) is 5.74. The molecule has 0 heterocycles. The first-order chi connectivity index (χ1) is 11.5. The Kier molecular flexibility index (Phi) is 7.12. The van der Waals surface area contributed by atoms with Crippen LogP contribution in [0.3, 0.4) is 0 Å². The highest BCUT2D eigenvalue weighted by Crippen LogP contribution is 2.19. The Morgan fingerprint density at radius 2 is 1.48 bits per heavy atom. The van der Waals surface area contributed by atoms with E-state index in [1.807, 2.05) is 0 Å². The van der Waals surface area contributed by atoms with Crippen molar-refractivity contribution >= 4 is 26.0 Å². The molecule has 0 saturated carbocycles. The van der Waals surface area contributed by atoms with E-state index < -0.39 is 38.0 Å². The number of rotatable bonds is 9. The Balaban J connectivity index is 3.16. The lowest BCUT2D eigenvalue weighted by molar-refractivity contribution is -0.140. The summed E-state index contributed by atoms with van der Waals surface area (Å²) in [6.07, 6.45) is 0. The van der Waals surface area contributed by atoms with Crippen molar-refractivity contribution in [2.24, 2.45) is 5.92 Å². The van der Waals surface area contributed by atoms with Crippen LogP contribution in [0.2, 0.25) is 0 Å². The van der Waals surface area contributed by atoms with Crippen molar-refractivity contribution in [3.8, 4) is 0 Å². The zero-order chi connectivity index (χ0) is 19.4. The van der Waals surface area contributed by atoms with Crippen LogP contribution in [-0.4, -0.2) is 51.3 Å². The molecule has 8 nitrogen and oxygen atoms in total. The minimum absolute atomic E-state index is 0.0196. The highest BCUT2D eigenvalue weighted by atomic mass is 32.2. The molecular weight excluding hydrogens is 368 g/mol. The highest BCUT2D eigenvalue weighted by Gasteiger charge is 2.28. The number of nitrogens with one attached hydrogen (secondary N) is 1. The van der Waals surface area contributed by atoms with Crippen molar-refractivity contribution in [1.29, 1.82) is 0 Å². The molecule has 0 amide bonds. The van der Waals surface area contributed by atoms with Crippen LogP contribution in [0, 0.1) is 5.92 Å². The number of carboxylic acids is 1. The van der Waals surface area contributed by atoms with Crippen LogP contribution in [0.5, 0.6) is 0 Å². The number of carbonyl (C=O) groups is 1. The maximum absolute atomic E-state index is 12.4. The Bertz CT molecular complexity index is 797. The summed E-state index contributed by atoms with van der Waals surface area (Å²) in [5, 5.41) is 9.11. The molecule has 0 fully saturated rings. The van der Waals surface area contributed by atoms with Gasteiger partial charge in [-0.15, -0.1) is 0 Å². The van der Waals surface area contributed by atoms with Crippen molar-refractivity contribution in [2.45, 2.75) is 43.5 Å². The fourth-order valence-corrected chi connectivity index (χ4v) is 5.01. The SMILES string of the molecule is CCN(CC)S(=O)(=O)c1ccc(S(=O)(=O)N[C@H](C(=O)O)C(C)C)cc1. The van der Waals surface area contributed by atoms with E-state index in [1.54, 1.807) is 27.7 Å². The minimum atomic E-state index is -4.08. The number of aliphatic carboxylic acids is 1. The number of hydrogen-bond acceptors (Lipinski definition) is 5. The zero-order valence-electron chi connectivity index (χ0n) is 14.6. The van der Waals surface area contributed by atoms with E-state index in [-0.39, 0.29) is 9.79 Å². The van der Waals surface area contributed by atoms with Crippen molar-refractivity contribution in [1.82, 2.24) is 9.03 Å². The average Bonchev–Trinajstić information content (AvgIpc) is 2.53. The third-order valence-electron chi connectivity index (χ3n) is 3.69. The molecule has 0 bridgehead atoms. The van der Waals surface area contributed by atoms with Gasteiger partial charge < -0.3 is 5.11 Å². The van der Waals surface area contributed by atoms with E-state index in [9.17, 15) is 21.6 Å². The second-order valence-corrected chi connectivity index (χ2v) is 9.39. The average molecular weight is 392 g/mol. The quantitative estimate of drug-likeness (QED) is 0.649. The maximum atomic E-state index is 12.4. The molecule has 25 heavy (non-hydrogen) atoms. The molecule has 10 heteroatoms. The van der Waals surface area contributed by atoms with Gasteiger partial charge in [0.25, 0.3) is 0 Å². The van der Waals surface area contributed by atoms with Crippen LogP contribution in [0.4, 0.5) is 0 Å². The van der Waals surface area contributed by atoms with Gasteiger partial charge in [-0.25, -0.2) is 16.8 Å². The van der Waals surface area contributed by atoms with Crippen LogP contribution in [0.25, 0.3) is 0 Å². The van der Waals surface area contributed by atoms with Crippen molar-refractivity contribution in [3.63, 3.8) is 0 Å². The van der Waals surface area contributed by atoms with Crippen LogP contribution in [0.15, 0.2) is 34.1 Å². The number of hydrogen-bond donors (Lipinski definition) is 2. The summed E-state index contributed by atoms with van der Waals surface area (Å²) in [7, 11) is -7.77. The van der Waals surface area contributed by atoms with Gasteiger partial charge in [-0.2, -0.15) is 9.03 Å². The van der Waals surface area contributed by atoms with E-state index in [2.05, 4.69) is 4.72 Å². The number of carboxylic acid groups (broad SMARTS) is 1. The molecule has 0 radical (unpaired) electrons. The van der Waals surface area contributed by atoms with E-state index in [4.69, 9.17) is 5.11 Å². The maximum Gasteiger partial charge on any atom is 0.322 e. The molecule has 2 N–H and O–H groups in total. The second kappa shape index (κ2) is 8.26. The first-order valence-corrected chi connectivity index (χ1v) is 10.7. The Labute approximate surface area is 149 Å². The molecule has 0 unspecified atom stereocenters. The molecule has 0 aliphatic rings. The lowest BCUT2D eigenvalue weighted by Gasteiger charge is -2.19. The van der Waals surface area contributed by atoms with Crippen LogP contribution >= 0.6 is 0 Å². The molecule has 1 atom stereocenters. The van der Waals surface area contributed by atoms with Gasteiger partial charge in [0.15, 0.2) is 0 Å². The third-order valence-corrected chi connectivity index (χ3v) is 7.21. The van der Waals surface area contributed by atoms with Gasteiger partial charge in [-0.05, 0) is 30.2 Å². The molecule has 0 aliphatic heterocycles. The third kappa shape index (κ3) is 5.00. The molecule has 0 aromatic heterocycles. The van der Waals surface area contributed by atoms with Gasteiger partial charge in [-0.3, -0.25) is 4.79 Å². The summed E-state index contributed by atoms with van der Waals surface area (Å²) >= 11 is 0. The molecule has 1 rings (SSSR count). The minimum Gasteiger partial charge on any atom is -0.480 e. The van der Waals surface area contributed by atoms with Gasteiger partial charge >= 0.3 is 5.97 Å². The summed E-state index contributed by atoms with van der Waals surface area (Å²) in [5.74, 6) is -1.73. The number of nitrogens with zero attached hydrogens (tertiary/aromatic N) is 1. The Hall–Kier alpha value is -1.49. The van der Waals surface area contributed by atoms with E-state index in [0.29, 0.717) is 13.1 Å². The summed E-state index contributed by atoms with van der Waals surface area (Å²) in [6, 6.07) is 3.43. The first kappa shape index (κ1) is 21.6. The molecule has 0 saturated heterocycles. The molecule has 0 spiro atoms.